The number of pyridine rings is 3. The molecule has 1 fully saturated rings. The molecule has 210 valence electrons. The second-order valence-corrected chi connectivity index (χ2v) is 10.7. The summed E-state index contributed by atoms with van der Waals surface area (Å²) in [5, 5.41) is 6.39. The zero-order valence-electron chi connectivity index (χ0n) is 23.9. The van der Waals surface area contributed by atoms with Gasteiger partial charge in [-0.25, -0.2) is 9.97 Å². The van der Waals surface area contributed by atoms with Gasteiger partial charge >= 0.3 is 0 Å². The third-order valence-corrected chi connectivity index (χ3v) is 7.82. The van der Waals surface area contributed by atoms with Crippen LogP contribution in [0.4, 0.5) is 5.82 Å². The molecule has 4 aromatic heterocycles. The van der Waals surface area contributed by atoms with E-state index in [9.17, 15) is 9.59 Å². The second-order valence-electron chi connectivity index (χ2n) is 10.7. The van der Waals surface area contributed by atoms with Crippen LogP contribution in [0, 0.1) is 6.92 Å². The predicted octanol–water partition coefficient (Wildman–Crippen LogP) is 4.20. The minimum atomic E-state index is -0.257. The highest BCUT2D eigenvalue weighted by Crippen LogP contribution is 2.29. The maximum atomic E-state index is 13.7. The van der Waals surface area contributed by atoms with Gasteiger partial charge in [-0.05, 0) is 61.2 Å². The molecule has 0 bridgehead atoms. The largest absolute Gasteiger partial charge is 0.354 e. The number of aromatic nitrogens is 4. The Bertz CT molecular complexity index is 1550. The van der Waals surface area contributed by atoms with Gasteiger partial charge in [-0.15, -0.1) is 0 Å². The van der Waals surface area contributed by atoms with E-state index in [4.69, 9.17) is 9.97 Å². The van der Waals surface area contributed by atoms with Crippen molar-refractivity contribution in [2.75, 3.05) is 31.1 Å². The van der Waals surface area contributed by atoms with E-state index in [-0.39, 0.29) is 23.9 Å². The Morgan fingerprint density at radius 2 is 1.90 bits per heavy atom. The molecule has 1 atom stereocenters. The molecule has 4 aromatic rings. The number of hydrogen-bond acceptors (Lipinski definition) is 6. The van der Waals surface area contributed by atoms with Crippen LogP contribution >= 0.6 is 0 Å². The van der Waals surface area contributed by atoms with Crippen LogP contribution in [-0.4, -0.2) is 51.4 Å². The molecule has 1 amide bonds. The van der Waals surface area contributed by atoms with E-state index in [0.29, 0.717) is 11.3 Å². The molecule has 1 saturated heterocycles. The van der Waals surface area contributed by atoms with Crippen molar-refractivity contribution in [1.82, 2.24) is 30.0 Å². The number of amides is 1. The van der Waals surface area contributed by atoms with E-state index in [0.717, 1.165) is 84.9 Å². The number of aromatic amines is 1. The van der Waals surface area contributed by atoms with Crippen LogP contribution in [0.25, 0.3) is 16.6 Å². The van der Waals surface area contributed by atoms with Crippen LogP contribution in [0.1, 0.15) is 72.5 Å². The molecule has 5 rings (SSSR count). The number of aryl methyl sites for hydroxylation is 2. The van der Waals surface area contributed by atoms with Gasteiger partial charge in [-0.2, -0.15) is 0 Å². The Morgan fingerprint density at radius 1 is 1.10 bits per heavy atom. The first-order valence-corrected chi connectivity index (χ1v) is 14.3. The lowest BCUT2D eigenvalue weighted by molar-refractivity contribution is 0.0944. The first-order chi connectivity index (χ1) is 19.4. The Balaban J connectivity index is 1.50. The summed E-state index contributed by atoms with van der Waals surface area (Å²) in [7, 11) is 0. The Hall–Kier alpha value is -3.98. The van der Waals surface area contributed by atoms with E-state index in [1.54, 1.807) is 6.33 Å². The minimum absolute atomic E-state index is 0.153. The Kier molecular flexibility index (Phi) is 8.30. The monoisotopic (exact) mass is 541 g/mol. The van der Waals surface area contributed by atoms with E-state index >= 15 is 0 Å². The van der Waals surface area contributed by atoms with Gasteiger partial charge in [0.05, 0.1) is 11.2 Å². The third-order valence-electron chi connectivity index (χ3n) is 7.82. The third kappa shape index (κ3) is 5.65. The molecule has 1 aliphatic heterocycles. The fourth-order valence-corrected chi connectivity index (χ4v) is 5.40. The molecular weight excluding hydrogens is 502 g/mol. The van der Waals surface area contributed by atoms with Crippen LogP contribution in [0.15, 0.2) is 47.7 Å². The lowest BCUT2D eigenvalue weighted by Gasteiger charge is -2.28. The van der Waals surface area contributed by atoms with Crippen LogP contribution in [0.2, 0.25) is 0 Å². The Morgan fingerprint density at radius 3 is 2.60 bits per heavy atom. The molecule has 9 heteroatoms. The van der Waals surface area contributed by atoms with Crippen molar-refractivity contribution in [2.45, 2.75) is 59.4 Å². The molecule has 5 heterocycles. The molecule has 40 heavy (non-hydrogen) atoms. The summed E-state index contributed by atoms with van der Waals surface area (Å²) in [5.41, 5.74) is 6.43. The molecule has 0 radical (unpaired) electrons. The minimum Gasteiger partial charge on any atom is -0.354 e. The van der Waals surface area contributed by atoms with E-state index in [1.165, 1.54) is 0 Å². The zero-order chi connectivity index (χ0) is 28.2. The van der Waals surface area contributed by atoms with Crippen molar-refractivity contribution in [2.24, 2.45) is 0 Å². The van der Waals surface area contributed by atoms with Crippen molar-refractivity contribution >= 4 is 17.2 Å². The number of fused-ring (bicyclic) bond motifs is 1. The van der Waals surface area contributed by atoms with Gasteiger partial charge in [0.25, 0.3) is 11.5 Å². The average molecular weight is 542 g/mol. The molecule has 0 spiro atoms. The highest BCUT2D eigenvalue weighted by molar-refractivity contribution is 5.95. The molecule has 3 N–H and O–H groups in total. The van der Waals surface area contributed by atoms with Gasteiger partial charge in [-0.3, -0.25) is 14.0 Å². The number of piperazine rings is 1. The number of carbonyl (C=O) groups is 1. The lowest BCUT2D eigenvalue weighted by atomic mass is 10.0. The molecule has 9 nitrogen and oxygen atoms in total. The zero-order valence-corrected chi connectivity index (χ0v) is 23.9. The van der Waals surface area contributed by atoms with Crippen LogP contribution in [0.5, 0.6) is 0 Å². The number of nitrogens with zero attached hydrogens (tertiary/aromatic N) is 4. The molecule has 0 saturated carbocycles. The van der Waals surface area contributed by atoms with E-state index in [1.807, 2.05) is 29.7 Å². The number of imidazole rings is 1. The molecule has 1 aliphatic rings. The quantitative estimate of drug-likeness (QED) is 0.293. The van der Waals surface area contributed by atoms with Crippen molar-refractivity contribution in [1.29, 1.82) is 0 Å². The van der Waals surface area contributed by atoms with Crippen LogP contribution in [0.3, 0.4) is 0 Å². The van der Waals surface area contributed by atoms with E-state index < -0.39 is 0 Å². The summed E-state index contributed by atoms with van der Waals surface area (Å²) >= 11 is 0. The summed E-state index contributed by atoms with van der Waals surface area (Å²) < 4.78 is 1.86. The smallest absolute Gasteiger partial charge is 0.268 e. The molecule has 0 unspecified atom stereocenters. The van der Waals surface area contributed by atoms with Gasteiger partial charge in [0.1, 0.15) is 17.8 Å². The van der Waals surface area contributed by atoms with Gasteiger partial charge in [0, 0.05) is 61.7 Å². The lowest BCUT2D eigenvalue weighted by Crippen LogP contribution is -2.43. The van der Waals surface area contributed by atoms with Crippen molar-refractivity contribution in [3.63, 3.8) is 0 Å². The Labute approximate surface area is 235 Å². The fourth-order valence-electron chi connectivity index (χ4n) is 5.40. The number of nitrogens with one attached hydrogen (secondary N) is 3. The number of carbonyl (C=O) groups excluding carboxylic acids is 1. The maximum Gasteiger partial charge on any atom is 0.268 e. The van der Waals surface area contributed by atoms with Gasteiger partial charge in [-0.1, -0.05) is 27.2 Å². The summed E-state index contributed by atoms with van der Waals surface area (Å²) in [5.74, 6) is 0.944. The van der Waals surface area contributed by atoms with Crippen LogP contribution in [-0.2, 0) is 13.0 Å². The fraction of sp³-hybridized carbons (Fsp3) is 0.419. The average Bonchev–Trinajstić information content (AvgIpc) is 3.40. The van der Waals surface area contributed by atoms with Crippen molar-refractivity contribution < 1.29 is 4.79 Å². The van der Waals surface area contributed by atoms with Crippen molar-refractivity contribution in [3.05, 3.63) is 81.4 Å². The van der Waals surface area contributed by atoms with Gasteiger partial charge < -0.3 is 20.5 Å². The molecule has 0 aromatic carbocycles. The summed E-state index contributed by atoms with van der Waals surface area (Å²) in [6.07, 6.45) is 6.25. The second kappa shape index (κ2) is 12.0. The number of anilines is 1. The molecular formula is C31H39N7O2. The summed E-state index contributed by atoms with van der Waals surface area (Å²) in [4.78, 5) is 41.0. The predicted molar refractivity (Wildman–Crippen MR) is 159 cm³/mol. The number of rotatable bonds is 9. The summed E-state index contributed by atoms with van der Waals surface area (Å²) in [6, 6.07) is 10.1. The molecule has 0 aliphatic carbocycles. The number of H-pyrrole nitrogens is 1. The normalized spacial score (nSPS) is 14.4. The van der Waals surface area contributed by atoms with Crippen LogP contribution < -0.4 is 21.1 Å². The highest BCUT2D eigenvalue weighted by Gasteiger charge is 2.20. The first kappa shape index (κ1) is 27.6. The first-order valence-electron chi connectivity index (χ1n) is 14.3. The van der Waals surface area contributed by atoms with Gasteiger partial charge in [0.15, 0.2) is 0 Å². The SMILES string of the molecule is CCCc1cc(C)[nH]c(=O)c1CNC(=O)c1cc(-c2ccc(N3CCNCC3)nc2)cc2c([C@H](C)CC)ncn12. The van der Waals surface area contributed by atoms with Crippen molar-refractivity contribution in [3.8, 4) is 11.1 Å². The van der Waals surface area contributed by atoms with Gasteiger partial charge in [0.2, 0.25) is 0 Å². The number of hydrogen-bond donors (Lipinski definition) is 3. The maximum absolute atomic E-state index is 13.7. The van der Waals surface area contributed by atoms with E-state index in [2.05, 4.69) is 59.5 Å². The summed E-state index contributed by atoms with van der Waals surface area (Å²) in [6.45, 7) is 12.2. The topological polar surface area (TPSA) is 107 Å². The standard InChI is InChI=1S/C31H39N7O2/c1-5-7-22-14-21(4)36-30(39)25(22)18-34-31(40)27-16-24(15-26-29(20(3)6-2)35-19-38(26)27)23-8-9-28(33-17-23)37-12-10-32-11-13-37/h8-9,14-17,19-20,32H,5-7,10-13,18H2,1-4H3,(H,34,40)(H,36,39)/t20-/m1/s1. The highest BCUT2D eigenvalue weighted by atomic mass is 16.2.